The number of hydrogen-bond donors (Lipinski definition) is 4. The van der Waals surface area contributed by atoms with E-state index in [1.807, 2.05) is 6.20 Å². The molecule has 13 heteroatoms. The van der Waals surface area contributed by atoms with Crippen molar-refractivity contribution in [2.24, 2.45) is 0 Å². The van der Waals surface area contributed by atoms with Crippen LogP contribution in [0, 0.1) is 0 Å². The highest BCUT2D eigenvalue weighted by atomic mass is 16.3. The quantitative estimate of drug-likeness (QED) is 0.0601. The normalized spacial score (nSPS) is 20.1. The molecule has 3 saturated heterocycles. The lowest BCUT2D eigenvalue weighted by Crippen LogP contribution is -2.54. The van der Waals surface area contributed by atoms with E-state index in [2.05, 4.69) is 50.0 Å². The summed E-state index contributed by atoms with van der Waals surface area (Å²) in [5.74, 6) is -2.18. The average molecular weight is 775 g/mol. The van der Waals surface area contributed by atoms with Crippen LogP contribution in [0.15, 0.2) is 79.0 Å². The van der Waals surface area contributed by atoms with Crippen molar-refractivity contribution < 1.29 is 33.9 Å². The topological polar surface area (TPSA) is 168 Å². The van der Waals surface area contributed by atoms with Crippen molar-refractivity contribution in [3.8, 4) is 5.75 Å². The van der Waals surface area contributed by atoms with Gasteiger partial charge in [-0.05, 0) is 80.1 Å². The van der Waals surface area contributed by atoms with Crippen LogP contribution in [0.25, 0.3) is 0 Å². The molecular formula is C44H50N6O7. The van der Waals surface area contributed by atoms with E-state index in [1.165, 1.54) is 11.8 Å². The van der Waals surface area contributed by atoms with Gasteiger partial charge in [0.2, 0.25) is 17.7 Å². The van der Waals surface area contributed by atoms with Crippen molar-refractivity contribution in [2.75, 3.05) is 36.4 Å². The highest BCUT2D eigenvalue weighted by Gasteiger charge is 2.45. The summed E-state index contributed by atoms with van der Waals surface area (Å²) in [4.78, 5) is 80.4. The standard InChI is InChI=1S/C44H50N6O7/c51-38-10-6-5-9-35(38)39(52)21-24-48-27-33-26-32(48)28-49(33)31-15-11-29(12-16-31)13-19-40(53)46-23-8-4-2-1-3-7-22-45-30-14-17-34-36(25-30)44(57)50(43(34)56)37-18-20-41(54)47-42(37)55/h5-6,9-12,14-17,21,24-25,32-33,37,45,51H,1-4,7-8,13,18-20,22-23,26-28H2,(H,46,53)(H,47,54,55)/b24-21+/t32-,33-,37?/m0/s1. The maximum absolute atomic E-state index is 13.0. The van der Waals surface area contributed by atoms with E-state index in [0.717, 1.165) is 80.7 Å². The molecule has 0 aliphatic carbocycles. The number of rotatable bonds is 18. The van der Waals surface area contributed by atoms with E-state index in [9.17, 15) is 33.9 Å². The fraction of sp³-hybridized carbons (Fsp3) is 0.409. The van der Waals surface area contributed by atoms with Crippen molar-refractivity contribution in [2.45, 2.75) is 88.8 Å². The zero-order chi connectivity index (χ0) is 39.9. The Labute approximate surface area is 332 Å². The number of unbranched alkanes of at least 4 members (excludes halogenated alkanes) is 5. The number of fused-ring (bicyclic) bond motifs is 3. The van der Waals surface area contributed by atoms with Crippen LogP contribution in [0.1, 0.15) is 101 Å². The Morgan fingerprint density at radius 2 is 1.56 bits per heavy atom. The smallest absolute Gasteiger partial charge is 0.262 e. The first-order chi connectivity index (χ1) is 27.7. The van der Waals surface area contributed by atoms with Gasteiger partial charge >= 0.3 is 0 Å². The van der Waals surface area contributed by atoms with E-state index in [4.69, 9.17) is 0 Å². The first kappa shape index (κ1) is 39.3. The first-order valence-electron chi connectivity index (χ1n) is 20.1. The van der Waals surface area contributed by atoms with Gasteiger partial charge in [0.15, 0.2) is 5.78 Å². The number of nitrogens with one attached hydrogen (secondary N) is 3. The number of imide groups is 2. The molecule has 3 atom stereocenters. The second kappa shape index (κ2) is 17.9. The van der Waals surface area contributed by atoms with Crippen LogP contribution in [0.4, 0.5) is 11.4 Å². The minimum absolute atomic E-state index is 0.00447. The molecule has 3 fully saturated rings. The van der Waals surface area contributed by atoms with Crippen LogP contribution in [-0.2, 0) is 20.8 Å². The minimum atomic E-state index is -0.974. The van der Waals surface area contributed by atoms with Crippen molar-refractivity contribution in [1.82, 2.24) is 20.4 Å². The van der Waals surface area contributed by atoms with E-state index >= 15 is 0 Å². The van der Waals surface area contributed by atoms with Crippen LogP contribution in [0.3, 0.4) is 0 Å². The van der Waals surface area contributed by atoms with E-state index in [-0.39, 0.29) is 41.4 Å². The van der Waals surface area contributed by atoms with Crippen LogP contribution in [-0.4, -0.2) is 94.5 Å². The molecule has 4 N–H and O–H groups in total. The number of aryl methyl sites for hydroxylation is 1. The molecule has 1 unspecified atom stereocenters. The van der Waals surface area contributed by atoms with Gasteiger partial charge in [0.05, 0.1) is 16.7 Å². The third-order valence-electron chi connectivity index (χ3n) is 11.5. The zero-order valence-electron chi connectivity index (χ0n) is 32.1. The number of allylic oxidation sites excluding steroid dienone is 1. The fourth-order valence-corrected chi connectivity index (χ4v) is 8.33. The van der Waals surface area contributed by atoms with Gasteiger partial charge < -0.3 is 25.5 Å². The Kier molecular flexibility index (Phi) is 12.3. The predicted molar refractivity (Wildman–Crippen MR) is 215 cm³/mol. The molecule has 0 spiro atoms. The number of piperidine rings is 1. The van der Waals surface area contributed by atoms with Gasteiger partial charge in [0.25, 0.3) is 11.8 Å². The summed E-state index contributed by atoms with van der Waals surface area (Å²) in [7, 11) is 0. The highest BCUT2D eigenvalue weighted by molar-refractivity contribution is 6.23. The van der Waals surface area contributed by atoms with Crippen molar-refractivity contribution in [3.63, 3.8) is 0 Å². The Morgan fingerprint density at radius 1 is 0.825 bits per heavy atom. The number of hydrogen-bond acceptors (Lipinski definition) is 10. The molecule has 5 amide bonds. The third kappa shape index (κ3) is 9.19. The van der Waals surface area contributed by atoms with Crippen LogP contribution < -0.4 is 20.9 Å². The third-order valence-corrected chi connectivity index (χ3v) is 11.5. The minimum Gasteiger partial charge on any atom is -0.507 e. The first-order valence-corrected chi connectivity index (χ1v) is 20.1. The Balaban J connectivity index is 0.720. The number of phenols is 1. The number of benzene rings is 3. The van der Waals surface area contributed by atoms with Gasteiger partial charge in [0.1, 0.15) is 11.8 Å². The van der Waals surface area contributed by atoms with Crippen LogP contribution >= 0.6 is 0 Å². The number of aromatic hydroxyl groups is 1. The molecule has 57 heavy (non-hydrogen) atoms. The number of anilines is 2. The number of amides is 5. The monoisotopic (exact) mass is 774 g/mol. The Bertz CT molecular complexity index is 2050. The number of likely N-dealkylation sites (tertiary alicyclic amines) is 1. The summed E-state index contributed by atoms with van der Waals surface area (Å²) in [5.41, 5.74) is 3.90. The number of nitrogens with zero attached hydrogens (tertiary/aromatic N) is 3. The zero-order valence-corrected chi connectivity index (χ0v) is 32.1. The maximum Gasteiger partial charge on any atom is 0.262 e. The summed E-state index contributed by atoms with van der Waals surface area (Å²) < 4.78 is 0. The van der Waals surface area contributed by atoms with Crippen molar-refractivity contribution in [3.05, 3.63) is 101 Å². The molecule has 0 radical (unpaired) electrons. The predicted octanol–water partition coefficient (Wildman–Crippen LogP) is 4.95. The lowest BCUT2D eigenvalue weighted by Gasteiger charge is -2.35. The van der Waals surface area contributed by atoms with Gasteiger partial charge in [-0.25, -0.2) is 0 Å². The molecule has 4 aliphatic rings. The Morgan fingerprint density at radius 3 is 2.30 bits per heavy atom. The van der Waals surface area contributed by atoms with Gasteiger partial charge in [-0.3, -0.25) is 39.0 Å². The molecule has 4 heterocycles. The molecule has 0 aromatic heterocycles. The maximum atomic E-state index is 13.0. The number of piperazine rings is 1. The summed E-state index contributed by atoms with van der Waals surface area (Å²) in [6, 6.07) is 19.9. The largest absolute Gasteiger partial charge is 0.507 e. The van der Waals surface area contributed by atoms with Crippen molar-refractivity contribution in [1.29, 1.82) is 0 Å². The SMILES string of the molecule is O=C(CCc1ccc(N2C[C@@H]3C[C@H]2CN3/C=C/C(=O)c2ccccc2O)cc1)NCCCCCCCCNc1ccc2c(c1)C(=O)N(C1CCC(=O)NC1=O)C2=O. The van der Waals surface area contributed by atoms with E-state index in [0.29, 0.717) is 37.0 Å². The second-order valence-corrected chi connectivity index (χ2v) is 15.4. The van der Waals surface area contributed by atoms with E-state index in [1.54, 1.807) is 42.5 Å². The second-order valence-electron chi connectivity index (χ2n) is 15.4. The molecule has 4 aliphatic heterocycles. The number of carbonyl (C=O) groups excluding carboxylic acids is 6. The molecule has 298 valence electrons. The van der Waals surface area contributed by atoms with E-state index < -0.39 is 29.7 Å². The van der Waals surface area contributed by atoms with Crippen LogP contribution in [0.5, 0.6) is 5.75 Å². The summed E-state index contributed by atoms with van der Waals surface area (Å²) in [6.45, 7) is 3.13. The molecule has 0 saturated carbocycles. The lowest BCUT2D eigenvalue weighted by molar-refractivity contribution is -0.136. The molecule has 7 rings (SSSR count). The van der Waals surface area contributed by atoms with Gasteiger partial charge in [0, 0.05) is 74.8 Å². The molecule has 13 nitrogen and oxygen atoms in total. The molecule has 2 bridgehead atoms. The number of phenolic OH excluding ortho intramolecular Hbond substituents is 1. The number of carbonyl (C=O) groups is 6. The van der Waals surface area contributed by atoms with Gasteiger partial charge in [-0.2, -0.15) is 0 Å². The van der Waals surface area contributed by atoms with Crippen LogP contribution in [0.2, 0.25) is 0 Å². The number of ketones is 1. The summed E-state index contributed by atoms with van der Waals surface area (Å²) in [6.07, 6.45) is 12.0. The molecule has 3 aromatic rings. The average Bonchev–Trinajstić information content (AvgIpc) is 3.88. The molecule has 3 aromatic carbocycles. The lowest BCUT2D eigenvalue weighted by atomic mass is 10.0. The highest BCUT2D eigenvalue weighted by Crippen LogP contribution is 2.35. The van der Waals surface area contributed by atoms with Crippen molar-refractivity contribution >= 4 is 46.7 Å². The summed E-state index contributed by atoms with van der Waals surface area (Å²) in [5, 5.41) is 18.6. The van der Waals surface area contributed by atoms with Gasteiger partial charge in [-0.15, -0.1) is 0 Å². The summed E-state index contributed by atoms with van der Waals surface area (Å²) >= 11 is 0. The fourth-order valence-electron chi connectivity index (χ4n) is 8.33. The number of para-hydroxylation sites is 1. The molecular weight excluding hydrogens is 725 g/mol. The Hall–Kier alpha value is -5.98. The van der Waals surface area contributed by atoms with Gasteiger partial charge in [-0.1, -0.05) is 49.9 Å².